The number of ether oxygens (including phenoxy) is 2. The molecular formula is C16H23BrO2. The van der Waals surface area contributed by atoms with Gasteiger partial charge >= 0.3 is 0 Å². The lowest BCUT2D eigenvalue weighted by Gasteiger charge is -2.28. The zero-order valence-electron chi connectivity index (χ0n) is 12.4. The van der Waals surface area contributed by atoms with E-state index >= 15 is 0 Å². The second-order valence-electron chi connectivity index (χ2n) is 6.47. The van der Waals surface area contributed by atoms with Gasteiger partial charge in [0.2, 0.25) is 0 Å². The van der Waals surface area contributed by atoms with Crippen LogP contribution in [0.2, 0.25) is 0 Å². The van der Waals surface area contributed by atoms with Gasteiger partial charge in [0.25, 0.3) is 0 Å². The quantitative estimate of drug-likeness (QED) is 0.755. The summed E-state index contributed by atoms with van der Waals surface area (Å²) in [5.41, 5.74) is 2.00. The molecule has 1 aromatic rings. The molecule has 0 aliphatic carbocycles. The van der Waals surface area contributed by atoms with Crippen molar-refractivity contribution in [1.82, 2.24) is 0 Å². The molecule has 0 aromatic heterocycles. The first-order valence-electron chi connectivity index (χ1n) is 6.76. The predicted octanol–water partition coefficient (Wildman–Crippen LogP) is 4.61. The fourth-order valence-corrected chi connectivity index (χ4v) is 3.27. The van der Waals surface area contributed by atoms with Crippen molar-refractivity contribution in [1.29, 1.82) is 0 Å². The zero-order chi connectivity index (χ0) is 14.3. The Labute approximate surface area is 124 Å². The molecule has 1 aliphatic rings. The van der Waals surface area contributed by atoms with Gasteiger partial charge in [0, 0.05) is 17.3 Å². The van der Waals surface area contributed by atoms with Crippen LogP contribution >= 0.6 is 15.9 Å². The van der Waals surface area contributed by atoms with Crippen molar-refractivity contribution in [2.24, 2.45) is 0 Å². The summed E-state index contributed by atoms with van der Waals surface area (Å²) in [6.45, 7) is 10.6. The van der Waals surface area contributed by atoms with Gasteiger partial charge < -0.3 is 9.47 Å². The van der Waals surface area contributed by atoms with E-state index in [1.54, 1.807) is 0 Å². The molecule has 0 bridgehead atoms. The third-order valence-electron chi connectivity index (χ3n) is 3.69. The highest BCUT2D eigenvalue weighted by Gasteiger charge is 2.47. The van der Waals surface area contributed by atoms with Crippen LogP contribution < -0.4 is 4.74 Å². The van der Waals surface area contributed by atoms with Crippen molar-refractivity contribution in [3.8, 4) is 5.75 Å². The first-order valence-corrected chi connectivity index (χ1v) is 7.88. The van der Waals surface area contributed by atoms with Crippen LogP contribution in [-0.4, -0.2) is 17.3 Å². The van der Waals surface area contributed by atoms with Crippen LogP contribution in [0.5, 0.6) is 5.75 Å². The molecular weight excluding hydrogens is 304 g/mol. The molecule has 1 unspecified atom stereocenters. The normalized spacial score (nSPS) is 24.4. The molecule has 2 rings (SSSR count). The summed E-state index contributed by atoms with van der Waals surface area (Å²) < 4.78 is 12.4. The number of hydrogen-bond donors (Lipinski definition) is 0. The lowest BCUT2D eigenvalue weighted by Crippen LogP contribution is -2.37. The molecule has 0 spiro atoms. The first-order chi connectivity index (χ1) is 8.75. The van der Waals surface area contributed by atoms with Gasteiger partial charge in [0.1, 0.15) is 17.5 Å². The average Bonchev–Trinajstić information content (AvgIpc) is 2.49. The molecule has 19 heavy (non-hydrogen) atoms. The number of rotatable bonds is 3. The van der Waals surface area contributed by atoms with E-state index in [9.17, 15) is 0 Å². The van der Waals surface area contributed by atoms with Crippen molar-refractivity contribution in [2.75, 3.05) is 0 Å². The van der Waals surface area contributed by atoms with E-state index in [2.05, 4.69) is 68.7 Å². The second-order valence-corrected chi connectivity index (χ2v) is 7.03. The van der Waals surface area contributed by atoms with Gasteiger partial charge in [-0.15, -0.1) is 0 Å². The van der Waals surface area contributed by atoms with Crippen molar-refractivity contribution >= 4 is 15.9 Å². The molecule has 3 heteroatoms. The van der Waals surface area contributed by atoms with Crippen LogP contribution in [0.1, 0.15) is 45.2 Å². The van der Waals surface area contributed by atoms with Crippen molar-refractivity contribution in [2.45, 2.75) is 63.7 Å². The van der Waals surface area contributed by atoms with E-state index in [0.717, 1.165) is 17.5 Å². The van der Waals surface area contributed by atoms with Crippen LogP contribution in [0, 0.1) is 6.92 Å². The van der Waals surface area contributed by atoms with Gasteiger partial charge in [-0.1, -0.05) is 34.1 Å². The van der Waals surface area contributed by atoms with Gasteiger partial charge in [0.05, 0.1) is 5.60 Å². The Morgan fingerprint density at radius 1 is 1.32 bits per heavy atom. The van der Waals surface area contributed by atoms with Crippen molar-refractivity contribution in [3.63, 3.8) is 0 Å². The number of benzene rings is 1. The molecule has 0 radical (unpaired) electrons. The number of halogens is 1. The molecule has 0 amide bonds. The summed E-state index contributed by atoms with van der Waals surface area (Å²) >= 11 is 3.53. The Morgan fingerprint density at radius 3 is 2.53 bits per heavy atom. The Kier molecular flexibility index (Phi) is 3.99. The summed E-state index contributed by atoms with van der Waals surface area (Å²) in [6.07, 6.45) is 0.997. The molecule has 0 N–H and O–H groups in total. The Hall–Kier alpha value is -0.540. The maximum absolute atomic E-state index is 6.32. The second kappa shape index (κ2) is 5.10. The fourth-order valence-electron chi connectivity index (χ4n) is 2.82. The van der Waals surface area contributed by atoms with Gasteiger partial charge in [-0.2, -0.15) is 0 Å². The summed E-state index contributed by atoms with van der Waals surface area (Å²) in [6, 6.07) is 6.26. The molecule has 2 nitrogen and oxygen atoms in total. The summed E-state index contributed by atoms with van der Waals surface area (Å²) in [5.74, 6) is 0.999. The minimum Gasteiger partial charge on any atom is -0.487 e. The number of alkyl halides is 1. The van der Waals surface area contributed by atoms with E-state index < -0.39 is 0 Å². The SMILES string of the molecule is Cc1cccc(CBr)c1OC1CC(C)(C)OC1(C)C. The van der Waals surface area contributed by atoms with E-state index in [1.807, 2.05) is 0 Å². The van der Waals surface area contributed by atoms with Gasteiger partial charge in [-0.05, 0) is 40.2 Å². The van der Waals surface area contributed by atoms with Crippen molar-refractivity contribution < 1.29 is 9.47 Å². The van der Waals surface area contributed by atoms with Crippen LogP contribution in [0.25, 0.3) is 0 Å². The van der Waals surface area contributed by atoms with Gasteiger partial charge in [-0.3, -0.25) is 0 Å². The highest BCUT2D eigenvalue weighted by Crippen LogP contribution is 2.40. The zero-order valence-corrected chi connectivity index (χ0v) is 14.0. The third kappa shape index (κ3) is 3.14. The lowest BCUT2D eigenvalue weighted by atomic mass is 9.97. The maximum Gasteiger partial charge on any atom is 0.130 e. The summed E-state index contributed by atoms with van der Waals surface area (Å²) in [4.78, 5) is 0. The van der Waals surface area contributed by atoms with Crippen LogP contribution in [0.15, 0.2) is 18.2 Å². The Bertz CT molecular complexity index is 466. The predicted molar refractivity (Wildman–Crippen MR) is 82.1 cm³/mol. The summed E-state index contributed by atoms with van der Waals surface area (Å²) in [5, 5.41) is 0.807. The molecule has 1 atom stereocenters. The standard InChI is InChI=1S/C16H23BrO2/c1-11-7-6-8-12(10-17)14(11)18-13-9-15(2,3)19-16(13,4)5/h6-8,13H,9-10H2,1-5H3. The largest absolute Gasteiger partial charge is 0.487 e. The molecule has 1 aromatic carbocycles. The van der Waals surface area contributed by atoms with E-state index in [0.29, 0.717) is 0 Å². The van der Waals surface area contributed by atoms with E-state index in [1.165, 1.54) is 11.1 Å². The van der Waals surface area contributed by atoms with Crippen molar-refractivity contribution in [3.05, 3.63) is 29.3 Å². The van der Waals surface area contributed by atoms with E-state index in [-0.39, 0.29) is 17.3 Å². The topological polar surface area (TPSA) is 18.5 Å². The first kappa shape index (κ1) is 14.9. The third-order valence-corrected chi connectivity index (χ3v) is 4.29. The molecule has 1 heterocycles. The highest BCUT2D eigenvalue weighted by molar-refractivity contribution is 9.08. The Balaban J connectivity index is 2.27. The number of para-hydroxylation sites is 1. The molecule has 106 valence electrons. The number of hydrogen-bond acceptors (Lipinski definition) is 2. The Morgan fingerprint density at radius 2 is 2.00 bits per heavy atom. The minimum absolute atomic E-state index is 0.0846. The van der Waals surface area contributed by atoms with E-state index in [4.69, 9.17) is 9.47 Å². The minimum atomic E-state index is -0.255. The van der Waals surface area contributed by atoms with Gasteiger partial charge in [-0.25, -0.2) is 0 Å². The fraction of sp³-hybridized carbons (Fsp3) is 0.625. The van der Waals surface area contributed by atoms with Crippen LogP contribution in [-0.2, 0) is 10.1 Å². The molecule has 1 fully saturated rings. The summed E-state index contributed by atoms with van der Waals surface area (Å²) in [7, 11) is 0. The van der Waals surface area contributed by atoms with Crippen LogP contribution in [0.4, 0.5) is 0 Å². The lowest BCUT2D eigenvalue weighted by molar-refractivity contribution is -0.0847. The van der Waals surface area contributed by atoms with Gasteiger partial charge in [0.15, 0.2) is 0 Å². The highest BCUT2D eigenvalue weighted by atomic mass is 79.9. The average molecular weight is 327 g/mol. The number of aryl methyl sites for hydroxylation is 1. The molecule has 0 saturated carbocycles. The smallest absolute Gasteiger partial charge is 0.130 e. The van der Waals surface area contributed by atoms with Crippen LogP contribution in [0.3, 0.4) is 0 Å². The molecule has 1 saturated heterocycles. The maximum atomic E-state index is 6.32. The monoisotopic (exact) mass is 326 g/mol. The molecule has 1 aliphatic heterocycles.